The van der Waals surface area contributed by atoms with Crippen molar-refractivity contribution in [3.8, 4) is 0 Å². The Morgan fingerprint density at radius 2 is 1.86 bits per heavy atom. The smallest absolute Gasteiger partial charge is 0.0235 e. The van der Waals surface area contributed by atoms with Gasteiger partial charge in [0.25, 0.3) is 0 Å². The van der Waals surface area contributed by atoms with E-state index < -0.39 is 0 Å². The second kappa shape index (κ2) is 7.39. The van der Waals surface area contributed by atoms with E-state index in [2.05, 4.69) is 52.5 Å². The van der Waals surface area contributed by atoms with E-state index in [1.807, 2.05) is 0 Å². The molecule has 2 heterocycles. The summed E-state index contributed by atoms with van der Waals surface area (Å²) in [4.78, 5) is 5.23. The second-order valence-electron chi connectivity index (χ2n) is 6.72. The molecule has 2 saturated heterocycles. The minimum absolute atomic E-state index is 0.606. The molecule has 0 bridgehead atoms. The van der Waals surface area contributed by atoms with E-state index in [4.69, 9.17) is 0 Å². The highest BCUT2D eigenvalue weighted by atomic mass is 15.2. The zero-order valence-electron chi connectivity index (χ0n) is 13.3. The van der Waals surface area contributed by atoms with Crippen LogP contribution in [0.25, 0.3) is 0 Å². The molecule has 116 valence electrons. The van der Waals surface area contributed by atoms with Crippen molar-refractivity contribution in [1.29, 1.82) is 0 Å². The van der Waals surface area contributed by atoms with Crippen LogP contribution in [-0.4, -0.2) is 61.7 Å². The van der Waals surface area contributed by atoms with Gasteiger partial charge in [-0.05, 0) is 64.5 Å². The summed E-state index contributed by atoms with van der Waals surface area (Å²) in [5.41, 5.74) is 1.46. The van der Waals surface area contributed by atoms with Crippen LogP contribution in [0.3, 0.4) is 0 Å². The number of benzene rings is 1. The average molecular weight is 287 g/mol. The highest BCUT2D eigenvalue weighted by molar-refractivity contribution is 5.16. The van der Waals surface area contributed by atoms with Gasteiger partial charge in [0, 0.05) is 18.6 Å². The lowest BCUT2D eigenvalue weighted by Gasteiger charge is -2.37. The number of nitrogens with zero attached hydrogens (tertiary/aromatic N) is 2. The minimum Gasteiger partial charge on any atom is -0.312 e. The Morgan fingerprint density at radius 1 is 1.10 bits per heavy atom. The lowest BCUT2D eigenvalue weighted by molar-refractivity contribution is 0.119. The van der Waals surface area contributed by atoms with E-state index in [-0.39, 0.29) is 0 Å². The third-order valence-electron chi connectivity index (χ3n) is 5.04. The predicted octanol–water partition coefficient (Wildman–Crippen LogP) is 1.99. The highest BCUT2D eigenvalue weighted by Crippen LogP contribution is 2.18. The van der Waals surface area contributed by atoms with E-state index in [1.54, 1.807) is 0 Å². The lowest BCUT2D eigenvalue weighted by atomic mass is 10.0. The van der Waals surface area contributed by atoms with Crippen LogP contribution in [0.1, 0.15) is 24.8 Å². The van der Waals surface area contributed by atoms with E-state index in [9.17, 15) is 0 Å². The molecular formula is C18H29N3. The van der Waals surface area contributed by atoms with E-state index in [0.717, 1.165) is 12.5 Å². The second-order valence-corrected chi connectivity index (χ2v) is 6.72. The molecule has 1 aromatic carbocycles. The van der Waals surface area contributed by atoms with Crippen LogP contribution in [0.4, 0.5) is 0 Å². The Bertz CT molecular complexity index is 412. The van der Waals surface area contributed by atoms with Crippen molar-refractivity contribution in [2.45, 2.75) is 37.8 Å². The molecule has 3 heteroatoms. The fraction of sp³-hybridized carbons (Fsp3) is 0.667. The van der Waals surface area contributed by atoms with Gasteiger partial charge in [-0.1, -0.05) is 30.3 Å². The third-order valence-corrected chi connectivity index (χ3v) is 5.04. The topological polar surface area (TPSA) is 18.5 Å². The summed E-state index contributed by atoms with van der Waals surface area (Å²) in [7, 11) is 2.25. The SMILES string of the molecule is CN1CCC(N2CCCNC(Cc3ccccc3)C2)CC1. The fourth-order valence-corrected chi connectivity index (χ4v) is 3.75. The highest BCUT2D eigenvalue weighted by Gasteiger charge is 2.26. The molecule has 0 saturated carbocycles. The van der Waals surface area contributed by atoms with Gasteiger partial charge < -0.3 is 10.2 Å². The molecule has 1 N–H and O–H groups in total. The Kier molecular flexibility index (Phi) is 5.28. The van der Waals surface area contributed by atoms with Gasteiger partial charge in [-0.3, -0.25) is 4.90 Å². The van der Waals surface area contributed by atoms with Crippen molar-refractivity contribution in [3.63, 3.8) is 0 Å². The summed E-state index contributed by atoms with van der Waals surface area (Å²) < 4.78 is 0. The molecule has 3 nitrogen and oxygen atoms in total. The summed E-state index contributed by atoms with van der Waals surface area (Å²) in [6.45, 7) is 6.17. The van der Waals surface area contributed by atoms with Crippen LogP contribution in [0.5, 0.6) is 0 Å². The number of nitrogens with one attached hydrogen (secondary N) is 1. The van der Waals surface area contributed by atoms with Crippen LogP contribution in [-0.2, 0) is 6.42 Å². The molecule has 0 aromatic heterocycles. The van der Waals surface area contributed by atoms with E-state index >= 15 is 0 Å². The first-order chi connectivity index (χ1) is 10.3. The van der Waals surface area contributed by atoms with E-state index in [0.29, 0.717) is 6.04 Å². The number of rotatable bonds is 3. The number of hydrogen-bond donors (Lipinski definition) is 1. The predicted molar refractivity (Wildman–Crippen MR) is 88.6 cm³/mol. The Labute approximate surface area is 129 Å². The van der Waals surface area contributed by atoms with Gasteiger partial charge in [0.2, 0.25) is 0 Å². The number of piperidine rings is 1. The van der Waals surface area contributed by atoms with Crippen molar-refractivity contribution in [2.75, 3.05) is 39.8 Å². The lowest BCUT2D eigenvalue weighted by Crippen LogP contribution is -2.47. The zero-order valence-corrected chi connectivity index (χ0v) is 13.3. The maximum Gasteiger partial charge on any atom is 0.0235 e. The van der Waals surface area contributed by atoms with Gasteiger partial charge in [0.1, 0.15) is 0 Å². The van der Waals surface area contributed by atoms with Crippen LogP contribution < -0.4 is 5.32 Å². The van der Waals surface area contributed by atoms with Gasteiger partial charge >= 0.3 is 0 Å². The number of likely N-dealkylation sites (tertiary alicyclic amines) is 1. The summed E-state index contributed by atoms with van der Waals surface area (Å²) in [5, 5.41) is 3.76. The first-order valence-electron chi connectivity index (χ1n) is 8.51. The summed E-state index contributed by atoms with van der Waals surface area (Å²) >= 11 is 0. The summed E-state index contributed by atoms with van der Waals surface area (Å²) in [6.07, 6.45) is 5.13. The molecule has 1 aromatic rings. The van der Waals surface area contributed by atoms with Gasteiger partial charge in [-0.2, -0.15) is 0 Å². The van der Waals surface area contributed by atoms with Crippen molar-refractivity contribution in [2.24, 2.45) is 0 Å². The Morgan fingerprint density at radius 3 is 2.62 bits per heavy atom. The molecule has 2 fully saturated rings. The monoisotopic (exact) mass is 287 g/mol. The van der Waals surface area contributed by atoms with Gasteiger partial charge in [-0.25, -0.2) is 0 Å². The first kappa shape index (κ1) is 15.0. The molecule has 0 radical (unpaired) electrons. The quantitative estimate of drug-likeness (QED) is 0.917. The van der Waals surface area contributed by atoms with Crippen LogP contribution in [0.2, 0.25) is 0 Å². The largest absolute Gasteiger partial charge is 0.312 e. The average Bonchev–Trinajstić information content (AvgIpc) is 2.75. The first-order valence-corrected chi connectivity index (χ1v) is 8.51. The summed E-state index contributed by atoms with van der Waals surface area (Å²) in [5.74, 6) is 0. The minimum atomic E-state index is 0.606. The van der Waals surface area contributed by atoms with Gasteiger partial charge in [-0.15, -0.1) is 0 Å². The standard InChI is InChI=1S/C18H29N3/c1-20-12-8-18(9-13-20)21-11-5-10-19-17(15-21)14-16-6-3-2-4-7-16/h2-4,6-7,17-19H,5,8-15H2,1H3. The normalized spacial score (nSPS) is 26.6. The molecule has 0 amide bonds. The molecule has 2 aliphatic heterocycles. The van der Waals surface area contributed by atoms with Crippen LogP contribution >= 0.6 is 0 Å². The maximum absolute atomic E-state index is 3.76. The van der Waals surface area contributed by atoms with Crippen molar-refractivity contribution >= 4 is 0 Å². The fourth-order valence-electron chi connectivity index (χ4n) is 3.75. The summed E-state index contributed by atoms with van der Waals surface area (Å²) in [6, 6.07) is 12.3. The van der Waals surface area contributed by atoms with Crippen molar-refractivity contribution < 1.29 is 0 Å². The molecule has 2 aliphatic rings. The van der Waals surface area contributed by atoms with Gasteiger partial charge in [0.05, 0.1) is 0 Å². The molecule has 3 rings (SSSR count). The van der Waals surface area contributed by atoms with Crippen LogP contribution in [0.15, 0.2) is 30.3 Å². The number of hydrogen-bond acceptors (Lipinski definition) is 3. The molecule has 21 heavy (non-hydrogen) atoms. The Balaban J connectivity index is 1.58. The molecule has 0 aliphatic carbocycles. The third kappa shape index (κ3) is 4.29. The molecule has 1 atom stereocenters. The Hall–Kier alpha value is -0.900. The van der Waals surface area contributed by atoms with Crippen molar-refractivity contribution in [1.82, 2.24) is 15.1 Å². The molecule has 1 unspecified atom stereocenters. The maximum atomic E-state index is 3.76. The van der Waals surface area contributed by atoms with Crippen molar-refractivity contribution in [3.05, 3.63) is 35.9 Å². The van der Waals surface area contributed by atoms with Crippen LogP contribution in [0, 0.1) is 0 Å². The zero-order chi connectivity index (χ0) is 14.5. The van der Waals surface area contributed by atoms with E-state index in [1.165, 1.54) is 57.5 Å². The molecular weight excluding hydrogens is 258 g/mol. The van der Waals surface area contributed by atoms with Gasteiger partial charge in [0.15, 0.2) is 0 Å². The molecule has 0 spiro atoms.